The molecule has 0 aromatic heterocycles. The van der Waals surface area contributed by atoms with Gasteiger partial charge < -0.3 is 89.0 Å². The summed E-state index contributed by atoms with van der Waals surface area (Å²) in [4.78, 5) is 34.9. The first-order valence-electron chi connectivity index (χ1n) is 25.9. The molecule has 3 rings (SSSR count). The smallest absolute Gasteiger partial charge is 0.332 e. The van der Waals surface area contributed by atoms with Crippen LogP contribution in [0.5, 0.6) is 0 Å². The van der Waals surface area contributed by atoms with Crippen LogP contribution in [0.2, 0.25) is 0 Å². The largest absolute Gasteiger partial charge is 0.479 e. The first-order chi connectivity index (χ1) is 33.3. The van der Waals surface area contributed by atoms with E-state index in [1.54, 1.807) is 0 Å². The quantitative estimate of drug-likeness (QED) is 0.0321. The molecule has 3 fully saturated rings. The minimum absolute atomic E-state index is 0.0270. The average molecular weight is 1010 g/mol. The van der Waals surface area contributed by atoms with Gasteiger partial charge in [0.15, 0.2) is 31.1 Å². The number of ether oxygens (including phenoxy) is 8. The number of carboxylic acids is 1. The summed E-state index contributed by atoms with van der Waals surface area (Å²) >= 11 is 0. The van der Waals surface area contributed by atoms with Crippen LogP contribution in [-0.2, 0) is 52.3 Å². The van der Waals surface area contributed by atoms with Crippen molar-refractivity contribution in [2.75, 3.05) is 19.8 Å². The van der Waals surface area contributed by atoms with E-state index >= 15 is 0 Å². The van der Waals surface area contributed by atoms with E-state index in [4.69, 9.17) is 43.0 Å². The van der Waals surface area contributed by atoms with E-state index in [0.29, 0.717) is 38.5 Å². The van der Waals surface area contributed by atoms with E-state index < -0.39 is 135 Å². The van der Waals surface area contributed by atoms with E-state index in [-0.39, 0.29) is 18.9 Å². The van der Waals surface area contributed by atoms with Crippen molar-refractivity contribution < 1.29 is 103 Å². The van der Waals surface area contributed by atoms with Gasteiger partial charge in [0.25, 0.3) is 0 Å². The molecule has 0 radical (unpaired) electrons. The number of unbranched alkanes of at least 4 members (excludes halogenated alkanes) is 12. The van der Waals surface area contributed by atoms with Crippen molar-refractivity contribution in [3.63, 3.8) is 0 Å². The average Bonchev–Trinajstić information content (AvgIpc) is 3.31. The molecule has 70 heavy (non-hydrogen) atoms. The van der Waals surface area contributed by atoms with Gasteiger partial charge in [0.1, 0.15) is 61.5 Å². The Morgan fingerprint density at radius 3 is 1.70 bits per heavy atom. The molecule has 21 nitrogen and oxygen atoms in total. The fourth-order valence-electron chi connectivity index (χ4n) is 8.83. The lowest BCUT2D eigenvalue weighted by Crippen LogP contribution is -2.65. The summed E-state index contributed by atoms with van der Waals surface area (Å²) in [6.45, 7) is 5.49. The second-order valence-corrected chi connectivity index (χ2v) is 19.7. The third-order valence-electron chi connectivity index (χ3n) is 13.1. The van der Waals surface area contributed by atoms with Gasteiger partial charge in [0.05, 0.1) is 31.5 Å². The molecule has 10 N–H and O–H groups in total. The van der Waals surface area contributed by atoms with Crippen LogP contribution in [0.25, 0.3) is 0 Å². The fraction of sp³-hybridized carbons (Fsp3) is 0.939. The number of hydrogen-bond donors (Lipinski definition) is 10. The lowest BCUT2D eigenvalue weighted by atomic mass is 9.98. The summed E-state index contributed by atoms with van der Waals surface area (Å²) in [7, 11) is 0. The van der Waals surface area contributed by atoms with Crippen molar-refractivity contribution in [3.05, 3.63) is 0 Å². The Hall–Kier alpha value is -2.19. The Morgan fingerprint density at radius 2 is 1.13 bits per heavy atom. The summed E-state index contributed by atoms with van der Waals surface area (Å²) in [5, 5.41) is 105. The van der Waals surface area contributed by atoms with Gasteiger partial charge >= 0.3 is 17.9 Å². The van der Waals surface area contributed by atoms with Crippen LogP contribution >= 0.6 is 0 Å². The van der Waals surface area contributed by atoms with Gasteiger partial charge in [-0.15, -0.1) is 0 Å². The van der Waals surface area contributed by atoms with E-state index in [2.05, 4.69) is 0 Å². The van der Waals surface area contributed by atoms with Crippen molar-refractivity contribution in [2.24, 2.45) is 5.92 Å². The molecule has 3 unspecified atom stereocenters. The fourth-order valence-corrected chi connectivity index (χ4v) is 8.83. The van der Waals surface area contributed by atoms with E-state index in [9.17, 15) is 60.3 Å². The monoisotopic (exact) mass is 1010 g/mol. The number of carbonyl (C=O) groups excluding carboxylic acids is 2. The maximum atomic E-state index is 12.3. The molecule has 21 heteroatoms. The summed E-state index contributed by atoms with van der Waals surface area (Å²) in [6.07, 6.45) is -7.89. The molecule has 3 aliphatic heterocycles. The Labute approximate surface area is 413 Å². The number of carbonyl (C=O) groups is 3. The van der Waals surface area contributed by atoms with Gasteiger partial charge in [-0.3, -0.25) is 9.59 Å². The topological polar surface area (TPSA) is 327 Å². The van der Waals surface area contributed by atoms with Crippen LogP contribution in [-0.4, -0.2) is 193 Å². The highest BCUT2D eigenvalue weighted by Gasteiger charge is 2.52. The summed E-state index contributed by atoms with van der Waals surface area (Å²) in [5.74, 6) is -2.54. The predicted molar refractivity (Wildman–Crippen MR) is 248 cm³/mol. The molecule has 0 bridgehead atoms. The van der Waals surface area contributed by atoms with E-state index in [0.717, 1.165) is 96.8 Å². The van der Waals surface area contributed by atoms with Crippen molar-refractivity contribution in [1.82, 2.24) is 0 Å². The molecule has 3 heterocycles. The molecule has 0 aromatic carbocycles. The highest BCUT2D eigenvalue weighted by molar-refractivity contribution is 5.71. The van der Waals surface area contributed by atoms with E-state index in [1.165, 1.54) is 0 Å². The number of rotatable bonds is 35. The van der Waals surface area contributed by atoms with Crippen LogP contribution < -0.4 is 0 Å². The van der Waals surface area contributed by atoms with Gasteiger partial charge in [0, 0.05) is 13.3 Å². The minimum Gasteiger partial charge on any atom is -0.479 e. The standard InChI is InChI=1S/C49H88O21/c1-5-6-20-31(21-19-24-33(52)32(51)22-17-15-13-11-9-7-8-10-12-14-16-18-23-34(53)46(61)62)67-48-44(39(56)35(54)26-64-48)70-49-45(41(58)37(28-65-49)66-30(4)50)69-47-43(60)42(59)40(57)36(68-47)27-63-38(55)25-29(2)3/h29,31-37,39-45,47-49,51-54,56-60H,5-28H2,1-4H3,(H,61,62)/t31?,32?,33-,34-,35-,36-,37-,39+,40-,41+,42+,43-,44-,45-,47+,48?,49+/m0/s1. The zero-order valence-corrected chi connectivity index (χ0v) is 41.8. The Kier molecular flexibility index (Phi) is 29.8. The second-order valence-electron chi connectivity index (χ2n) is 19.7. The lowest BCUT2D eigenvalue weighted by Gasteiger charge is -2.46. The Morgan fingerprint density at radius 1 is 0.600 bits per heavy atom. The zero-order chi connectivity index (χ0) is 51.8. The van der Waals surface area contributed by atoms with Gasteiger partial charge in [-0.25, -0.2) is 4.79 Å². The summed E-state index contributed by atoms with van der Waals surface area (Å²) < 4.78 is 46.6. The molecule has 0 aromatic rings. The zero-order valence-electron chi connectivity index (χ0n) is 41.8. The van der Waals surface area contributed by atoms with Crippen molar-refractivity contribution >= 4 is 17.9 Å². The molecule has 0 aliphatic carbocycles. The normalized spacial score (nSPS) is 31.2. The second kappa shape index (κ2) is 33.6. The maximum Gasteiger partial charge on any atom is 0.332 e. The van der Waals surface area contributed by atoms with Gasteiger partial charge in [-0.05, 0) is 44.4 Å². The molecule has 0 amide bonds. The third-order valence-corrected chi connectivity index (χ3v) is 13.1. The van der Waals surface area contributed by atoms with Crippen LogP contribution in [0, 0.1) is 5.92 Å². The molecular formula is C49H88O21. The SMILES string of the molecule is CCCCC(CCC[C@H](O)C(O)CCCCCCCCCCCCCC[C@H](O)C(=O)O)OC1OC[C@H](O)[C@@H](O)[C@@H]1O[C@H]1OC[C@H](OC(C)=O)[C@@H](O)[C@@H]1O[C@H]1O[C@@H](COC(=O)CC(C)C)[C@H](O)[C@@H](O)[C@@H]1O. The van der Waals surface area contributed by atoms with Crippen molar-refractivity contribution in [1.29, 1.82) is 0 Å². The Bertz CT molecular complexity index is 1440. The molecule has 3 aliphatic rings. The first kappa shape index (κ1) is 62.1. The highest BCUT2D eigenvalue weighted by atomic mass is 16.8. The lowest BCUT2D eigenvalue weighted by molar-refractivity contribution is -0.380. The molecule has 0 saturated carbocycles. The Balaban J connectivity index is 1.53. The van der Waals surface area contributed by atoms with Gasteiger partial charge in [-0.2, -0.15) is 0 Å². The van der Waals surface area contributed by atoms with Crippen LogP contribution in [0.15, 0.2) is 0 Å². The number of aliphatic carboxylic acids is 1. The first-order valence-corrected chi connectivity index (χ1v) is 25.9. The number of esters is 2. The van der Waals surface area contributed by atoms with Crippen LogP contribution in [0.4, 0.5) is 0 Å². The van der Waals surface area contributed by atoms with Gasteiger partial charge in [0.2, 0.25) is 0 Å². The van der Waals surface area contributed by atoms with E-state index in [1.807, 2.05) is 20.8 Å². The van der Waals surface area contributed by atoms with Crippen LogP contribution in [0.3, 0.4) is 0 Å². The molecular weight excluding hydrogens is 925 g/mol. The number of carboxylic acid groups (broad SMARTS) is 1. The third kappa shape index (κ3) is 22.1. The number of hydrogen-bond acceptors (Lipinski definition) is 20. The number of aliphatic hydroxyl groups is 9. The van der Waals surface area contributed by atoms with Gasteiger partial charge in [-0.1, -0.05) is 111 Å². The molecule has 17 atom stereocenters. The molecule has 3 saturated heterocycles. The highest BCUT2D eigenvalue weighted by Crippen LogP contribution is 2.33. The maximum absolute atomic E-state index is 12.3. The van der Waals surface area contributed by atoms with Crippen LogP contribution in [0.1, 0.15) is 163 Å². The molecule has 410 valence electrons. The predicted octanol–water partition coefficient (Wildman–Crippen LogP) is 2.26. The van der Waals surface area contributed by atoms with Crippen molar-refractivity contribution in [2.45, 2.75) is 267 Å². The van der Waals surface area contributed by atoms with Crippen molar-refractivity contribution in [3.8, 4) is 0 Å². The molecule has 0 spiro atoms. The summed E-state index contributed by atoms with van der Waals surface area (Å²) in [6, 6.07) is 0. The minimum atomic E-state index is -1.91. The summed E-state index contributed by atoms with van der Waals surface area (Å²) in [5.41, 5.74) is 0. The number of aliphatic hydroxyl groups excluding tert-OH is 9.